The lowest BCUT2D eigenvalue weighted by atomic mass is 9.50. The van der Waals surface area contributed by atoms with Crippen LogP contribution in [0.25, 0.3) is 0 Å². The Labute approximate surface area is 163 Å². The van der Waals surface area contributed by atoms with Crippen molar-refractivity contribution in [1.82, 2.24) is 10.6 Å². The van der Waals surface area contributed by atoms with Gasteiger partial charge in [0.25, 0.3) is 0 Å². The molecule has 4 aliphatic rings. The number of fused-ring (bicyclic) bond motifs is 5. The summed E-state index contributed by atoms with van der Waals surface area (Å²) >= 11 is 0. The molecule has 0 radical (unpaired) electrons. The molecular weight excluding hydrogens is 336 g/mol. The van der Waals surface area contributed by atoms with Gasteiger partial charge in [0.15, 0.2) is 5.78 Å². The monoisotopic (exact) mass is 370 g/mol. The molecule has 5 atom stereocenters. The van der Waals surface area contributed by atoms with E-state index in [4.69, 9.17) is 0 Å². The highest BCUT2D eigenvalue weighted by molar-refractivity contribution is 6.09. The normalized spacial score (nSPS) is 40.8. The van der Waals surface area contributed by atoms with E-state index in [0.717, 1.165) is 24.6 Å². The number of allylic oxidation sites excluding steroid dienone is 3. The Morgan fingerprint density at radius 2 is 1.89 bits per heavy atom. The van der Waals surface area contributed by atoms with Crippen LogP contribution in [0.15, 0.2) is 23.4 Å². The van der Waals surface area contributed by atoms with Gasteiger partial charge in [0, 0.05) is 34.8 Å². The molecule has 1 heterocycles. The zero-order valence-electron chi connectivity index (χ0n) is 17.4. The van der Waals surface area contributed by atoms with Gasteiger partial charge >= 0.3 is 0 Å². The van der Waals surface area contributed by atoms with Gasteiger partial charge in [-0.15, -0.1) is 0 Å². The third kappa shape index (κ3) is 2.87. The third-order valence-corrected chi connectivity index (χ3v) is 7.91. The lowest BCUT2D eigenvalue weighted by Crippen LogP contribution is -2.58. The van der Waals surface area contributed by atoms with E-state index in [-0.39, 0.29) is 17.2 Å². The highest BCUT2D eigenvalue weighted by Crippen LogP contribution is 2.62. The molecule has 27 heavy (non-hydrogen) atoms. The Bertz CT molecular complexity index is 744. The Morgan fingerprint density at radius 1 is 1.15 bits per heavy atom. The van der Waals surface area contributed by atoms with Crippen molar-refractivity contribution >= 4 is 11.7 Å². The summed E-state index contributed by atoms with van der Waals surface area (Å²) in [6.45, 7) is 11.6. The number of carbonyl (C=O) groups excluding carboxylic acids is 2. The summed E-state index contributed by atoms with van der Waals surface area (Å²) in [5.41, 5.74) is 1.36. The predicted molar refractivity (Wildman–Crippen MR) is 107 cm³/mol. The fourth-order valence-electron chi connectivity index (χ4n) is 6.62. The molecule has 3 fully saturated rings. The maximum atomic E-state index is 13.2. The van der Waals surface area contributed by atoms with Crippen molar-refractivity contribution in [2.24, 2.45) is 28.6 Å². The van der Waals surface area contributed by atoms with Crippen molar-refractivity contribution in [2.45, 2.75) is 72.3 Å². The van der Waals surface area contributed by atoms with Crippen molar-refractivity contribution in [1.29, 1.82) is 0 Å². The molecular formula is C23H34N2O2. The van der Waals surface area contributed by atoms with Gasteiger partial charge in [0.05, 0.1) is 0 Å². The van der Waals surface area contributed by atoms with E-state index in [1.165, 1.54) is 25.7 Å². The molecule has 1 saturated heterocycles. The van der Waals surface area contributed by atoms with Crippen LogP contribution in [0.3, 0.4) is 0 Å². The number of amides is 1. The van der Waals surface area contributed by atoms with Gasteiger partial charge in [-0.05, 0) is 82.6 Å². The molecule has 0 aromatic carbocycles. The average Bonchev–Trinajstić information content (AvgIpc) is 2.95. The largest absolute Gasteiger partial charge is 0.387 e. The zero-order valence-corrected chi connectivity index (χ0v) is 17.4. The van der Waals surface area contributed by atoms with Crippen LogP contribution in [0.2, 0.25) is 0 Å². The molecule has 2 saturated carbocycles. The first-order valence-electron chi connectivity index (χ1n) is 10.6. The predicted octanol–water partition coefficient (Wildman–Crippen LogP) is 3.74. The molecule has 0 bridgehead atoms. The molecule has 0 spiro atoms. The second-order valence-electron chi connectivity index (χ2n) is 10.8. The molecule has 0 aromatic rings. The number of ketones is 1. The summed E-state index contributed by atoms with van der Waals surface area (Å²) < 4.78 is 0. The van der Waals surface area contributed by atoms with E-state index in [0.29, 0.717) is 22.8 Å². The minimum absolute atomic E-state index is 0.0750. The first-order chi connectivity index (χ1) is 12.5. The number of hydrogen-bond donors (Lipinski definition) is 2. The lowest BCUT2D eigenvalue weighted by molar-refractivity contribution is -0.122. The fraction of sp³-hybridized carbons (Fsp3) is 0.739. The second kappa shape index (κ2) is 5.96. The van der Waals surface area contributed by atoms with E-state index in [2.05, 4.69) is 24.5 Å². The summed E-state index contributed by atoms with van der Waals surface area (Å²) in [7, 11) is 0. The smallest absolute Gasteiger partial charge is 0.248 e. The van der Waals surface area contributed by atoms with Gasteiger partial charge in [-0.25, -0.2) is 0 Å². The summed E-state index contributed by atoms with van der Waals surface area (Å²) in [6.07, 6.45) is 9.68. The Morgan fingerprint density at radius 3 is 2.59 bits per heavy atom. The maximum Gasteiger partial charge on any atom is 0.248 e. The highest BCUT2D eigenvalue weighted by atomic mass is 16.2. The van der Waals surface area contributed by atoms with Crippen molar-refractivity contribution in [2.75, 3.05) is 6.54 Å². The second-order valence-corrected chi connectivity index (χ2v) is 10.8. The number of carbonyl (C=O) groups is 2. The van der Waals surface area contributed by atoms with Crippen LogP contribution in [0.4, 0.5) is 0 Å². The minimum Gasteiger partial charge on any atom is -0.387 e. The van der Waals surface area contributed by atoms with Gasteiger partial charge in [-0.3, -0.25) is 9.59 Å². The van der Waals surface area contributed by atoms with Crippen LogP contribution in [-0.2, 0) is 9.59 Å². The Balaban J connectivity index is 1.73. The lowest BCUT2D eigenvalue weighted by Gasteiger charge is -2.57. The number of hydrogen-bond acceptors (Lipinski definition) is 3. The van der Waals surface area contributed by atoms with Crippen molar-refractivity contribution in [3.05, 3.63) is 23.4 Å². The standard InChI is InChI=1S/C23H34N2O2/c1-21(2,3)25-20(27)18-11-14(26)12-19-23(18,5)17-8-10-22(4)9-6-7-16(22)15(17)13-24-19/h11-12,15-17,24H,6-10,13H2,1-5H3,(H,25,27)/t15-,16-,17-,22-,23-/m0/s1. The van der Waals surface area contributed by atoms with Crippen LogP contribution in [0, 0.1) is 28.6 Å². The van der Waals surface area contributed by atoms with E-state index in [9.17, 15) is 9.59 Å². The van der Waals surface area contributed by atoms with Crippen LogP contribution < -0.4 is 10.6 Å². The third-order valence-electron chi connectivity index (χ3n) is 7.91. The highest BCUT2D eigenvalue weighted by Gasteiger charge is 2.58. The summed E-state index contributed by atoms with van der Waals surface area (Å²) in [6, 6.07) is 0. The maximum absolute atomic E-state index is 13.2. The van der Waals surface area contributed by atoms with Crippen LogP contribution in [-0.4, -0.2) is 23.8 Å². The van der Waals surface area contributed by atoms with Gasteiger partial charge in [0.1, 0.15) is 0 Å². The summed E-state index contributed by atoms with van der Waals surface area (Å²) in [5.74, 6) is 1.56. The van der Waals surface area contributed by atoms with Gasteiger partial charge in [-0.2, -0.15) is 0 Å². The zero-order chi connectivity index (χ0) is 19.6. The Hall–Kier alpha value is -1.58. The minimum atomic E-state index is -0.393. The molecule has 0 unspecified atom stereocenters. The van der Waals surface area contributed by atoms with E-state index in [1.807, 2.05) is 20.8 Å². The average molecular weight is 371 g/mol. The first-order valence-corrected chi connectivity index (χ1v) is 10.6. The topological polar surface area (TPSA) is 58.2 Å². The van der Waals surface area contributed by atoms with Crippen LogP contribution in [0.1, 0.15) is 66.7 Å². The molecule has 1 aliphatic heterocycles. The SMILES string of the molecule is CC(C)(C)NC(=O)C1=CC(=O)C=C2NC[C@H]3[C@@H]4CCC[C@@]4(C)CC[C@@H]3[C@]21C. The van der Waals surface area contributed by atoms with E-state index < -0.39 is 5.41 Å². The number of piperidine rings is 1. The fourth-order valence-corrected chi connectivity index (χ4v) is 6.62. The summed E-state index contributed by atoms with van der Waals surface area (Å²) in [5, 5.41) is 6.69. The molecule has 4 heteroatoms. The number of nitrogens with one attached hydrogen (secondary N) is 2. The van der Waals surface area contributed by atoms with Gasteiger partial charge in [-0.1, -0.05) is 13.3 Å². The van der Waals surface area contributed by atoms with Crippen molar-refractivity contribution in [3.63, 3.8) is 0 Å². The van der Waals surface area contributed by atoms with Gasteiger partial charge in [0.2, 0.25) is 5.91 Å². The Kier molecular flexibility index (Phi) is 4.14. The van der Waals surface area contributed by atoms with Gasteiger partial charge < -0.3 is 10.6 Å². The molecule has 4 rings (SSSR count). The van der Waals surface area contributed by atoms with Crippen molar-refractivity contribution in [3.8, 4) is 0 Å². The molecule has 2 N–H and O–H groups in total. The van der Waals surface area contributed by atoms with Crippen LogP contribution >= 0.6 is 0 Å². The van der Waals surface area contributed by atoms with E-state index >= 15 is 0 Å². The first kappa shape index (κ1) is 18.8. The molecule has 0 aromatic heterocycles. The summed E-state index contributed by atoms with van der Waals surface area (Å²) in [4.78, 5) is 25.6. The van der Waals surface area contributed by atoms with E-state index in [1.54, 1.807) is 12.2 Å². The van der Waals surface area contributed by atoms with Crippen LogP contribution in [0.5, 0.6) is 0 Å². The quantitative estimate of drug-likeness (QED) is 0.739. The molecule has 4 nitrogen and oxygen atoms in total. The molecule has 148 valence electrons. The molecule has 1 amide bonds. The molecule has 3 aliphatic carbocycles. The van der Waals surface area contributed by atoms with Crippen molar-refractivity contribution < 1.29 is 9.59 Å². The number of rotatable bonds is 1.